The first-order valence-electron chi connectivity index (χ1n) is 8.07. The van der Waals surface area contributed by atoms with E-state index in [0.29, 0.717) is 11.5 Å². The van der Waals surface area contributed by atoms with Gasteiger partial charge in [0.25, 0.3) is 5.91 Å². The quantitative estimate of drug-likeness (QED) is 0.574. The van der Waals surface area contributed by atoms with Crippen LogP contribution in [0.2, 0.25) is 0 Å². The molecule has 0 saturated carbocycles. The maximum Gasteiger partial charge on any atom is 0.258 e. The lowest BCUT2D eigenvalue weighted by Crippen LogP contribution is -2.16. The molecule has 1 N–H and O–H groups in total. The third kappa shape index (κ3) is 4.38. The molecule has 0 saturated heterocycles. The van der Waals surface area contributed by atoms with E-state index < -0.39 is 0 Å². The van der Waals surface area contributed by atoms with Crippen LogP contribution >= 0.6 is 0 Å². The maximum absolute atomic E-state index is 12.9. The third-order valence-electron chi connectivity index (χ3n) is 3.65. The lowest BCUT2D eigenvalue weighted by Gasteiger charge is -2.10. The molecule has 4 nitrogen and oxygen atoms in total. The number of benzene rings is 2. The standard InChI is InChI=1S/C21H19N3O/c1-15-13-16(2)23-21(22-15)24-20(25)19(18-11-7-4-8-12-18)14-17-9-5-3-6-10-17/h3-14H,1-2H3,(H,22,23,24,25)/b19-14+. The van der Waals surface area contributed by atoms with E-state index >= 15 is 0 Å². The molecule has 0 atom stereocenters. The summed E-state index contributed by atoms with van der Waals surface area (Å²) in [6.45, 7) is 3.75. The number of hydrogen-bond donors (Lipinski definition) is 1. The van der Waals surface area contributed by atoms with Crippen LogP contribution in [0, 0.1) is 13.8 Å². The number of aryl methyl sites for hydroxylation is 2. The van der Waals surface area contributed by atoms with E-state index in [1.165, 1.54) is 0 Å². The summed E-state index contributed by atoms with van der Waals surface area (Å²) in [5, 5.41) is 2.81. The predicted octanol–water partition coefficient (Wildman–Crippen LogP) is 4.27. The highest BCUT2D eigenvalue weighted by Crippen LogP contribution is 2.20. The number of hydrogen-bond acceptors (Lipinski definition) is 3. The number of carbonyl (C=O) groups excluding carboxylic acids is 1. The summed E-state index contributed by atoms with van der Waals surface area (Å²) in [5.41, 5.74) is 3.99. The Kier molecular flexibility index (Phi) is 5.00. The summed E-state index contributed by atoms with van der Waals surface area (Å²) < 4.78 is 0. The first kappa shape index (κ1) is 16.6. The van der Waals surface area contributed by atoms with Crippen LogP contribution in [0.1, 0.15) is 22.5 Å². The van der Waals surface area contributed by atoms with E-state index in [4.69, 9.17) is 0 Å². The highest BCUT2D eigenvalue weighted by Gasteiger charge is 2.14. The van der Waals surface area contributed by atoms with Gasteiger partial charge in [0.15, 0.2) is 0 Å². The molecule has 4 heteroatoms. The van der Waals surface area contributed by atoms with Crippen molar-refractivity contribution < 1.29 is 4.79 Å². The van der Waals surface area contributed by atoms with Crippen LogP contribution in [0.25, 0.3) is 11.6 Å². The fourth-order valence-electron chi connectivity index (χ4n) is 2.56. The van der Waals surface area contributed by atoms with Gasteiger partial charge in [-0.05, 0) is 37.1 Å². The largest absolute Gasteiger partial charge is 0.290 e. The van der Waals surface area contributed by atoms with Crippen molar-refractivity contribution >= 4 is 23.5 Å². The maximum atomic E-state index is 12.9. The van der Waals surface area contributed by atoms with E-state index in [1.807, 2.05) is 86.7 Å². The zero-order chi connectivity index (χ0) is 17.6. The molecule has 3 aromatic rings. The van der Waals surface area contributed by atoms with Crippen LogP contribution in [-0.4, -0.2) is 15.9 Å². The minimum atomic E-state index is -0.236. The molecule has 25 heavy (non-hydrogen) atoms. The van der Waals surface area contributed by atoms with Crippen LogP contribution < -0.4 is 5.32 Å². The van der Waals surface area contributed by atoms with Gasteiger partial charge in [-0.3, -0.25) is 10.1 Å². The number of anilines is 1. The number of nitrogens with zero attached hydrogens (tertiary/aromatic N) is 2. The zero-order valence-corrected chi connectivity index (χ0v) is 14.2. The normalized spacial score (nSPS) is 11.2. The lowest BCUT2D eigenvalue weighted by molar-refractivity contribution is -0.111. The summed E-state index contributed by atoms with van der Waals surface area (Å²) in [4.78, 5) is 21.5. The van der Waals surface area contributed by atoms with Gasteiger partial charge in [-0.15, -0.1) is 0 Å². The second-order valence-electron chi connectivity index (χ2n) is 5.76. The third-order valence-corrected chi connectivity index (χ3v) is 3.65. The molecule has 0 spiro atoms. The zero-order valence-electron chi connectivity index (χ0n) is 14.2. The molecule has 0 bridgehead atoms. The predicted molar refractivity (Wildman–Crippen MR) is 101 cm³/mol. The van der Waals surface area contributed by atoms with Crippen LogP contribution in [-0.2, 0) is 4.79 Å². The molecule has 3 rings (SSSR count). The first-order valence-corrected chi connectivity index (χ1v) is 8.07. The van der Waals surface area contributed by atoms with Crippen LogP contribution in [0.4, 0.5) is 5.95 Å². The van der Waals surface area contributed by atoms with E-state index in [1.54, 1.807) is 0 Å². The van der Waals surface area contributed by atoms with E-state index in [-0.39, 0.29) is 5.91 Å². The lowest BCUT2D eigenvalue weighted by atomic mass is 10.0. The minimum Gasteiger partial charge on any atom is -0.290 e. The Morgan fingerprint density at radius 1 is 0.880 bits per heavy atom. The molecule has 1 amide bonds. The number of rotatable bonds is 4. The second kappa shape index (κ2) is 7.53. The smallest absolute Gasteiger partial charge is 0.258 e. The van der Waals surface area contributed by atoms with Crippen molar-refractivity contribution in [3.8, 4) is 0 Å². The van der Waals surface area contributed by atoms with Crippen molar-refractivity contribution in [3.63, 3.8) is 0 Å². The second-order valence-corrected chi connectivity index (χ2v) is 5.76. The summed E-state index contributed by atoms with van der Waals surface area (Å²) in [7, 11) is 0. The monoisotopic (exact) mass is 329 g/mol. The van der Waals surface area contributed by atoms with Crippen molar-refractivity contribution in [2.24, 2.45) is 0 Å². The van der Waals surface area contributed by atoms with E-state index in [9.17, 15) is 4.79 Å². The Morgan fingerprint density at radius 3 is 2.04 bits per heavy atom. The number of nitrogens with one attached hydrogen (secondary N) is 1. The van der Waals surface area contributed by atoms with Gasteiger partial charge in [-0.2, -0.15) is 0 Å². The molecule has 0 aliphatic heterocycles. The molecule has 0 fully saturated rings. The van der Waals surface area contributed by atoms with E-state index in [0.717, 1.165) is 22.5 Å². The topological polar surface area (TPSA) is 54.9 Å². The molecule has 0 aliphatic rings. The SMILES string of the molecule is Cc1cc(C)nc(NC(=O)/C(=C/c2ccccc2)c2ccccc2)n1. The molecular formula is C21H19N3O. The van der Waals surface area contributed by atoms with Gasteiger partial charge in [0.2, 0.25) is 5.95 Å². The fraction of sp³-hybridized carbons (Fsp3) is 0.0952. The number of amides is 1. The van der Waals surface area contributed by atoms with Crippen LogP contribution in [0.15, 0.2) is 66.7 Å². The molecule has 1 heterocycles. The van der Waals surface area contributed by atoms with Gasteiger partial charge < -0.3 is 0 Å². The van der Waals surface area contributed by atoms with Gasteiger partial charge in [0.1, 0.15) is 0 Å². The molecule has 1 aromatic heterocycles. The first-order chi connectivity index (χ1) is 12.1. The summed E-state index contributed by atoms with van der Waals surface area (Å²) >= 11 is 0. The van der Waals surface area contributed by atoms with Crippen LogP contribution in [0.3, 0.4) is 0 Å². The van der Waals surface area contributed by atoms with Gasteiger partial charge >= 0.3 is 0 Å². The Bertz CT molecular complexity index is 883. The molecular weight excluding hydrogens is 310 g/mol. The fourth-order valence-corrected chi connectivity index (χ4v) is 2.56. The van der Waals surface area contributed by atoms with Crippen molar-refractivity contribution in [3.05, 3.63) is 89.2 Å². The van der Waals surface area contributed by atoms with Gasteiger partial charge in [0.05, 0.1) is 0 Å². The average Bonchev–Trinajstić information content (AvgIpc) is 2.60. The number of carbonyl (C=O) groups is 1. The summed E-state index contributed by atoms with van der Waals surface area (Å²) in [5.74, 6) is 0.0810. The van der Waals surface area contributed by atoms with Crippen LogP contribution in [0.5, 0.6) is 0 Å². The van der Waals surface area contributed by atoms with Gasteiger partial charge in [-0.25, -0.2) is 9.97 Å². The number of aromatic nitrogens is 2. The van der Waals surface area contributed by atoms with Gasteiger partial charge in [0, 0.05) is 17.0 Å². The van der Waals surface area contributed by atoms with Crippen molar-refractivity contribution in [2.45, 2.75) is 13.8 Å². The molecule has 2 aromatic carbocycles. The Hall–Kier alpha value is -3.27. The van der Waals surface area contributed by atoms with Crippen molar-refractivity contribution in [2.75, 3.05) is 5.32 Å². The molecule has 0 unspecified atom stereocenters. The van der Waals surface area contributed by atoms with E-state index in [2.05, 4.69) is 15.3 Å². The summed E-state index contributed by atoms with van der Waals surface area (Å²) in [6.07, 6.45) is 1.87. The minimum absolute atomic E-state index is 0.236. The Labute approximate surface area is 147 Å². The highest BCUT2D eigenvalue weighted by molar-refractivity contribution is 6.28. The van der Waals surface area contributed by atoms with Gasteiger partial charge in [-0.1, -0.05) is 60.7 Å². The Balaban J connectivity index is 1.96. The molecule has 0 aliphatic carbocycles. The van der Waals surface area contributed by atoms with Crippen molar-refractivity contribution in [1.82, 2.24) is 9.97 Å². The molecule has 124 valence electrons. The Morgan fingerprint density at radius 2 is 1.44 bits per heavy atom. The summed E-state index contributed by atoms with van der Waals surface area (Å²) in [6, 6.07) is 21.2. The average molecular weight is 329 g/mol. The van der Waals surface area contributed by atoms with Crippen molar-refractivity contribution in [1.29, 1.82) is 0 Å². The highest BCUT2D eigenvalue weighted by atomic mass is 16.1. The molecule has 0 radical (unpaired) electrons.